The van der Waals surface area contributed by atoms with E-state index in [2.05, 4.69) is 38.5 Å². The zero-order valence-electron chi connectivity index (χ0n) is 16.3. The third-order valence-corrected chi connectivity index (χ3v) is 5.30. The van der Waals surface area contributed by atoms with Gasteiger partial charge in [-0.1, -0.05) is 48.6 Å². The molecule has 0 spiro atoms. The standard InChI is InChI=1S/C24H17ClN4O/c1-2-3-6-16-9-10-20-18(11-16)23(17-7-4-5-8-19(17)25)27-12-21-24(28-14-29(20)21)22-13-26-15-30-22/h4-5,7-11,13-15H,2,12H2,1H3. The number of aromatic nitrogens is 3. The molecule has 30 heavy (non-hydrogen) atoms. The Balaban J connectivity index is 1.75. The van der Waals surface area contributed by atoms with Crippen LogP contribution in [0.3, 0.4) is 0 Å². The third-order valence-electron chi connectivity index (χ3n) is 4.97. The molecule has 146 valence electrons. The van der Waals surface area contributed by atoms with E-state index in [1.165, 1.54) is 6.39 Å². The van der Waals surface area contributed by atoms with Crippen LogP contribution in [0.15, 0.2) is 70.8 Å². The van der Waals surface area contributed by atoms with E-state index in [0.29, 0.717) is 17.3 Å². The van der Waals surface area contributed by atoms with Crippen molar-refractivity contribution in [3.63, 3.8) is 0 Å². The van der Waals surface area contributed by atoms with Crippen molar-refractivity contribution in [3.8, 4) is 29.0 Å². The van der Waals surface area contributed by atoms with Crippen LogP contribution in [0.4, 0.5) is 0 Å². The molecule has 0 fully saturated rings. The SMILES string of the molecule is CCC#Cc1ccc2c(c1)C(c1ccccc1Cl)=NCc1c(-c3cnco3)ncn1-2. The fourth-order valence-electron chi connectivity index (χ4n) is 3.60. The highest BCUT2D eigenvalue weighted by Gasteiger charge is 2.24. The molecule has 0 N–H and O–H groups in total. The normalized spacial score (nSPS) is 12.3. The van der Waals surface area contributed by atoms with E-state index < -0.39 is 0 Å². The van der Waals surface area contributed by atoms with Gasteiger partial charge in [0, 0.05) is 28.1 Å². The lowest BCUT2D eigenvalue weighted by Gasteiger charge is -2.13. The summed E-state index contributed by atoms with van der Waals surface area (Å²) in [4.78, 5) is 13.6. The van der Waals surface area contributed by atoms with Gasteiger partial charge in [-0.15, -0.1) is 0 Å². The molecule has 0 bridgehead atoms. The van der Waals surface area contributed by atoms with Gasteiger partial charge in [0.15, 0.2) is 12.2 Å². The quantitative estimate of drug-likeness (QED) is 0.420. The van der Waals surface area contributed by atoms with Gasteiger partial charge in [0.1, 0.15) is 12.0 Å². The van der Waals surface area contributed by atoms with Gasteiger partial charge in [0.2, 0.25) is 0 Å². The lowest BCUT2D eigenvalue weighted by atomic mass is 9.98. The van der Waals surface area contributed by atoms with Gasteiger partial charge in [-0.05, 0) is 24.3 Å². The number of benzene rings is 2. The van der Waals surface area contributed by atoms with Crippen LogP contribution < -0.4 is 0 Å². The van der Waals surface area contributed by atoms with Gasteiger partial charge >= 0.3 is 0 Å². The Morgan fingerprint density at radius 2 is 2.07 bits per heavy atom. The molecule has 1 aliphatic rings. The maximum Gasteiger partial charge on any atom is 0.181 e. The first-order chi connectivity index (χ1) is 14.8. The molecule has 0 aliphatic carbocycles. The molecule has 0 amide bonds. The van der Waals surface area contributed by atoms with Crippen LogP contribution in [0.25, 0.3) is 17.1 Å². The number of fused-ring (bicyclic) bond motifs is 3. The monoisotopic (exact) mass is 412 g/mol. The average molecular weight is 413 g/mol. The molecule has 6 heteroatoms. The van der Waals surface area contributed by atoms with E-state index in [1.54, 1.807) is 12.5 Å². The minimum atomic E-state index is 0.432. The zero-order valence-corrected chi connectivity index (χ0v) is 17.0. The molecule has 2 aromatic carbocycles. The van der Waals surface area contributed by atoms with Crippen molar-refractivity contribution in [1.29, 1.82) is 0 Å². The van der Waals surface area contributed by atoms with Crippen molar-refractivity contribution in [3.05, 3.63) is 88.8 Å². The van der Waals surface area contributed by atoms with Crippen LogP contribution in [-0.4, -0.2) is 20.2 Å². The summed E-state index contributed by atoms with van der Waals surface area (Å²) in [6, 6.07) is 13.9. The lowest BCUT2D eigenvalue weighted by molar-refractivity contribution is 0.569. The molecule has 5 rings (SSSR count). The van der Waals surface area contributed by atoms with Crippen LogP contribution >= 0.6 is 11.6 Å². The van der Waals surface area contributed by atoms with E-state index >= 15 is 0 Å². The molecule has 0 radical (unpaired) electrons. The molecule has 1 aliphatic heterocycles. The number of halogens is 1. The second-order valence-electron chi connectivity index (χ2n) is 6.81. The third kappa shape index (κ3) is 3.12. The summed E-state index contributed by atoms with van der Waals surface area (Å²) in [6.07, 6.45) is 5.67. The molecule has 2 aromatic heterocycles. The molecular formula is C24H17ClN4O. The van der Waals surface area contributed by atoms with Crippen molar-refractivity contribution in [2.75, 3.05) is 0 Å². The summed E-state index contributed by atoms with van der Waals surface area (Å²) < 4.78 is 7.55. The van der Waals surface area contributed by atoms with Crippen LogP contribution in [0.2, 0.25) is 5.02 Å². The molecule has 3 heterocycles. The number of oxazole rings is 1. The van der Waals surface area contributed by atoms with Gasteiger partial charge in [0.05, 0.1) is 29.8 Å². The fourth-order valence-corrected chi connectivity index (χ4v) is 3.82. The van der Waals surface area contributed by atoms with Crippen molar-refractivity contribution in [2.24, 2.45) is 4.99 Å². The Morgan fingerprint density at radius 1 is 1.17 bits per heavy atom. The van der Waals surface area contributed by atoms with Crippen LogP contribution in [0.5, 0.6) is 0 Å². The molecule has 5 nitrogen and oxygen atoms in total. The molecular weight excluding hydrogens is 396 g/mol. The van der Waals surface area contributed by atoms with Crippen molar-refractivity contribution < 1.29 is 4.42 Å². The van der Waals surface area contributed by atoms with Crippen LogP contribution in [0.1, 0.15) is 35.7 Å². The largest absolute Gasteiger partial charge is 0.442 e. The topological polar surface area (TPSA) is 56.2 Å². The predicted molar refractivity (Wildman–Crippen MR) is 117 cm³/mol. The summed E-state index contributed by atoms with van der Waals surface area (Å²) in [5.74, 6) is 6.97. The number of hydrogen-bond donors (Lipinski definition) is 0. The van der Waals surface area contributed by atoms with Crippen molar-refractivity contribution in [1.82, 2.24) is 14.5 Å². The maximum absolute atomic E-state index is 6.55. The van der Waals surface area contributed by atoms with E-state index in [9.17, 15) is 0 Å². The van der Waals surface area contributed by atoms with E-state index in [1.807, 2.05) is 37.3 Å². The molecule has 4 aromatic rings. The fraction of sp³-hybridized carbons (Fsp3) is 0.125. The van der Waals surface area contributed by atoms with Crippen molar-refractivity contribution >= 4 is 17.3 Å². The average Bonchev–Trinajstić information content (AvgIpc) is 3.41. The van der Waals surface area contributed by atoms with Gasteiger partial charge in [-0.25, -0.2) is 9.97 Å². The van der Waals surface area contributed by atoms with E-state index in [4.69, 9.17) is 21.0 Å². The summed E-state index contributed by atoms with van der Waals surface area (Å²) >= 11 is 6.55. The highest BCUT2D eigenvalue weighted by Crippen LogP contribution is 2.32. The first-order valence-electron chi connectivity index (χ1n) is 9.64. The van der Waals surface area contributed by atoms with Crippen LogP contribution in [-0.2, 0) is 6.54 Å². The number of hydrogen-bond acceptors (Lipinski definition) is 4. The van der Waals surface area contributed by atoms with E-state index in [-0.39, 0.29) is 0 Å². The maximum atomic E-state index is 6.55. The minimum Gasteiger partial charge on any atom is -0.442 e. The number of nitrogens with zero attached hydrogens (tertiary/aromatic N) is 4. The summed E-state index contributed by atoms with van der Waals surface area (Å²) in [5, 5.41) is 0.660. The predicted octanol–water partition coefficient (Wildman–Crippen LogP) is 5.29. The number of imidazole rings is 1. The van der Waals surface area contributed by atoms with Gasteiger partial charge < -0.3 is 4.42 Å². The molecule has 0 atom stereocenters. The Kier molecular flexibility index (Phi) is 4.70. The zero-order chi connectivity index (χ0) is 20.5. The number of rotatable bonds is 2. The molecule has 0 saturated carbocycles. The van der Waals surface area contributed by atoms with Crippen molar-refractivity contribution in [2.45, 2.75) is 19.9 Å². The lowest BCUT2D eigenvalue weighted by Crippen LogP contribution is -2.08. The second-order valence-corrected chi connectivity index (χ2v) is 7.21. The summed E-state index contributed by atoms with van der Waals surface area (Å²) in [6.45, 7) is 2.47. The molecule has 0 unspecified atom stereocenters. The smallest absolute Gasteiger partial charge is 0.181 e. The second kappa shape index (κ2) is 7.66. The summed E-state index contributed by atoms with van der Waals surface area (Å²) in [7, 11) is 0. The Labute approximate surface area is 179 Å². The van der Waals surface area contributed by atoms with Crippen LogP contribution in [0, 0.1) is 11.8 Å². The number of aliphatic imine (C=N–C) groups is 1. The van der Waals surface area contributed by atoms with Gasteiger partial charge in [-0.3, -0.25) is 9.56 Å². The van der Waals surface area contributed by atoms with Gasteiger partial charge in [0.25, 0.3) is 0 Å². The Morgan fingerprint density at radius 3 is 2.87 bits per heavy atom. The molecule has 0 saturated heterocycles. The minimum absolute atomic E-state index is 0.432. The Bertz CT molecular complexity index is 1320. The first-order valence-corrected chi connectivity index (χ1v) is 10.0. The summed E-state index contributed by atoms with van der Waals surface area (Å²) in [5.41, 5.74) is 6.27. The highest BCUT2D eigenvalue weighted by molar-refractivity contribution is 6.35. The highest BCUT2D eigenvalue weighted by atomic mass is 35.5. The first kappa shape index (κ1) is 18.4. The Hall–Kier alpha value is -3.62. The van der Waals surface area contributed by atoms with E-state index in [0.717, 1.165) is 45.9 Å². The van der Waals surface area contributed by atoms with Gasteiger partial charge in [-0.2, -0.15) is 0 Å².